The van der Waals surface area contributed by atoms with E-state index in [1.165, 1.54) is 10.9 Å². The summed E-state index contributed by atoms with van der Waals surface area (Å²) in [7, 11) is 3.12. The molecule has 0 spiro atoms. The van der Waals surface area contributed by atoms with Crippen LogP contribution in [0.2, 0.25) is 0 Å². The van der Waals surface area contributed by atoms with Gasteiger partial charge in [-0.2, -0.15) is 4.98 Å². The molecule has 136 valence electrons. The molecule has 0 aliphatic rings. The number of ether oxygens (including phenoxy) is 2. The van der Waals surface area contributed by atoms with Crippen molar-refractivity contribution < 1.29 is 14.0 Å². The first-order chi connectivity index (χ1) is 13.2. The van der Waals surface area contributed by atoms with Crippen LogP contribution in [0.15, 0.2) is 58.1 Å². The maximum absolute atomic E-state index is 12.6. The van der Waals surface area contributed by atoms with Crippen molar-refractivity contribution in [1.29, 1.82) is 0 Å². The van der Waals surface area contributed by atoms with E-state index in [0.717, 1.165) is 0 Å². The summed E-state index contributed by atoms with van der Waals surface area (Å²) in [5, 5.41) is 4.51. The molecule has 0 unspecified atom stereocenters. The number of rotatable bonds is 5. The monoisotopic (exact) mass is 364 g/mol. The van der Waals surface area contributed by atoms with E-state index in [1.54, 1.807) is 50.6 Å². The third kappa shape index (κ3) is 3.12. The van der Waals surface area contributed by atoms with Gasteiger partial charge in [0.15, 0.2) is 17.3 Å². The fourth-order valence-electron chi connectivity index (χ4n) is 2.78. The van der Waals surface area contributed by atoms with Crippen LogP contribution in [0.4, 0.5) is 0 Å². The average molecular weight is 364 g/mol. The van der Waals surface area contributed by atoms with Gasteiger partial charge in [-0.3, -0.25) is 9.36 Å². The zero-order chi connectivity index (χ0) is 18.8. The summed E-state index contributed by atoms with van der Waals surface area (Å²) in [6, 6.07) is 12.5. The number of para-hydroxylation sites is 1. The number of fused-ring (bicyclic) bond motifs is 1. The van der Waals surface area contributed by atoms with Crippen LogP contribution in [-0.2, 0) is 6.54 Å². The highest BCUT2D eigenvalue weighted by atomic mass is 16.5. The summed E-state index contributed by atoms with van der Waals surface area (Å²) >= 11 is 0. The molecule has 0 bridgehead atoms. The topological polar surface area (TPSA) is 92.3 Å². The van der Waals surface area contributed by atoms with Crippen molar-refractivity contribution in [3.63, 3.8) is 0 Å². The quantitative estimate of drug-likeness (QED) is 0.537. The van der Waals surface area contributed by atoms with Crippen LogP contribution in [0.1, 0.15) is 5.82 Å². The highest BCUT2D eigenvalue weighted by Gasteiger charge is 2.13. The van der Waals surface area contributed by atoms with E-state index in [0.29, 0.717) is 39.7 Å². The van der Waals surface area contributed by atoms with Gasteiger partial charge in [-0.05, 0) is 30.3 Å². The first-order valence-electron chi connectivity index (χ1n) is 8.19. The number of aromatic nitrogens is 4. The molecule has 2 heterocycles. The lowest BCUT2D eigenvalue weighted by molar-refractivity contribution is 0.355. The zero-order valence-corrected chi connectivity index (χ0v) is 14.7. The van der Waals surface area contributed by atoms with Gasteiger partial charge < -0.3 is 14.0 Å². The van der Waals surface area contributed by atoms with E-state index in [1.807, 2.05) is 6.07 Å². The molecule has 0 fully saturated rings. The Hall–Kier alpha value is -3.68. The molecule has 4 rings (SSSR count). The Morgan fingerprint density at radius 2 is 1.89 bits per heavy atom. The lowest BCUT2D eigenvalue weighted by Gasteiger charge is -2.07. The SMILES string of the molecule is COc1ccc(-c2nc(Cn3cnc4ccccc4c3=O)no2)cc1OC. The van der Waals surface area contributed by atoms with Crippen LogP contribution in [0.25, 0.3) is 22.4 Å². The standard InChI is InChI=1S/C19H16N4O4/c1-25-15-8-7-12(9-16(15)26-2)18-21-17(22-27-18)10-23-11-20-14-6-4-3-5-13(14)19(23)24/h3-9,11H,10H2,1-2H3. The van der Waals surface area contributed by atoms with Crippen molar-refractivity contribution in [1.82, 2.24) is 19.7 Å². The van der Waals surface area contributed by atoms with Gasteiger partial charge >= 0.3 is 0 Å². The lowest BCUT2D eigenvalue weighted by Crippen LogP contribution is -2.21. The van der Waals surface area contributed by atoms with Crippen LogP contribution in [0.5, 0.6) is 11.5 Å². The highest BCUT2D eigenvalue weighted by Crippen LogP contribution is 2.31. The molecule has 0 saturated heterocycles. The molecule has 0 amide bonds. The minimum atomic E-state index is -0.155. The van der Waals surface area contributed by atoms with Crippen molar-refractivity contribution in [3.05, 3.63) is 65.0 Å². The number of methoxy groups -OCH3 is 2. The van der Waals surface area contributed by atoms with Gasteiger partial charge in [-0.1, -0.05) is 17.3 Å². The van der Waals surface area contributed by atoms with Crippen LogP contribution >= 0.6 is 0 Å². The fraction of sp³-hybridized carbons (Fsp3) is 0.158. The smallest absolute Gasteiger partial charge is 0.261 e. The summed E-state index contributed by atoms with van der Waals surface area (Å²) in [4.78, 5) is 21.2. The summed E-state index contributed by atoms with van der Waals surface area (Å²) in [6.45, 7) is 0.160. The minimum Gasteiger partial charge on any atom is -0.493 e. The van der Waals surface area contributed by atoms with E-state index >= 15 is 0 Å². The molecule has 0 aliphatic carbocycles. The third-order valence-corrected chi connectivity index (χ3v) is 4.14. The van der Waals surface area contributed by atoms with Crippen LogP contribution in [0.3, 0.4) is 0 Å². The molecule has 0 atom stereocenters. The van der Waals surface area contributed by atoms with Crippen LogP contribution < -0.4 is 15.0 Å². The van der Waals surface area contributed by atoms with Crippen LogP contribution in [0, 0.1) is 0 Å². The molecule has 8 nitrogen and oxygen atoms in total. The Balaban J connectivity index is 1.64. The maximum atomic E-state index is 12.6. The molecule has 0 aliphatic heterocycles. The summed E-state index contributed by atoms with van der Waals surface area (Å²) in [5.74, 6) is 1.87. The lowest BCUT2D eigenvalue weighted by atomic mass is 10.2. The van der Waals surface area contributed by atoms with Gasteiger partial charge in [0, 0.05) is 5.56 Å². The first-order valence-corrected chi connectivity index (χ1v) is 8.19. The summed E-state index contributed by atoms with van der Waals surface area (Å²) in [5.41, 5.74) is 1.19. The van der Waals surface area contributed by atoms with Gasteiger partial charge in [-0.25, -0.2) is 4.98 Å². The Labute approximate surface area is 154 Å². The molecule has 0 saturated carbocycles. The predicted molar refractivity (Wildman–Crippen MR) is 97.9 cm³/mol. The second kappa shape index (κ2) is 6.91. The average Bonchev–Trinajstić information content (AvgIpc) is 3.18. The number of benzene rings is 2. The summed E-state index contributed by atoms with van der Waals surface area (Å²) < 4.78 is 17.3. The van der Waals surface area contributed by atoms with Gasteiger partial charge in [0.05, 0.1) is 38.0 Å². The van der Waals surface area contributed by atoms with E-state index in [2.05, 4.69) is 15.1 Å². The molecule has 4 aromatic rings. The Morgan fingerprint density at radius 3 is 2.70 bits per heavy atom. The van der Waals surface area contributed by atoms with E-state index in [9.17, 15) is 4.79 Å². The van der Waals surface area contributed by atoms with Crippen molar-refractivity contribution in [2.75, 3.05) is 14.2 Å². The van der Waals surface area contributed by atoms with E-state index in [-0.39, 0.29) is 12.1 Å². The zero-order valence-electron chi connectivity index (χ0n) is 14.7. The number of hydrogen-bond acceptors (Lipinski definition) is 7. The minimum absolute atomic E-state index is 0.155. The molecular weight excluding hydrogens is 348 g/mol. The van der Waals surface area contributed by atoms with E-state index in [4.69, 9.17) is 14.0 Å². The van der Waals surface area contributed by atoms with Crippen molar-refractivity contribution in [3.8, 4) is 23.0 Å². The predicted octanol–water partition coefficient (Wildman–Crippen LogP) is 2.51. The number of nitrogens with zero attached hydrogens (tertiary/aromatic N) is 4. The van der Waals surface area contributed by atoms with Crippen LogP contribution in [-0.4, -0.2) is 33.9 Å². The molecule has 2 aromatic heterocycles. The van der Waals surface area contributed by atoms with Gasteiger partial charge in [0.25, 0.3) is 11.4 Å². The second-order valence-corrected chi connectivity index (χ2v) is 5.78. The first kappa shape index (κ1) is 16.8. The van der Waals surface area contributed by atoms with Crippen molar-refractivity contribution >= 4 is 10.9 Å². The molecule has 8 heteroatoms. The fourth-order valence-corrected chi connectivity index (χ4v) is 2.78. The molecule has 27 heavy (non-hydrogen) atoms. The summed E-state index contributed by atoms with van der Waals surface area (Å²) in [6.07, 6.45) is 1.48. The largest absolute Gasteiger partial charge is 0.493 e. The third-order valence-electron chi connectivity index (χ3n) is 4.14. The van der Waals surface area contributed by atoms with E-state index < -0.39 is 0 Å². The van der Waals surface area contributed by atoms with Crippen molar-refractivity contribution in [2.24, 2.45) is 0 Å². The highest BCUT2D eigenvalue weighted by molar-refractivity contribution is 5.76. The number of hydrogen-bond donors (Lipinski definition) is 0. The maximum Gasteiger partial charge on any atom is 0.261 e. The molecule has 0 radical (unpaired) electrons. The van der Waals surface area contributed by atoms with Crippen molar-refractivity contribution in [2.45, 2.75) is 6.54 Å². The normalized spacial score (nSPS) is 10.9. The Kier molecular flexibility index (Phi) is 4.29. The molecule has 0 N–H and O–H groups in total. The van der Waals surface area contributed by atoms with Gasteiger partial charge in [-0.15, -0.1) is 0 Å². The molecule has 2 aromatic carbocycles. The van der Waals surface area contributed by atoms with Gasteiger partial charge in [0.2, 0.25) is 0 Å². The van der Waals surface area contributed by atoms with Gasteiger partial charge in [0.1, 0.15) is 0 Å². The second-order valence-electron chi connectivity index (χ2n) is 5.78. The Morgan fingerprint density at radius 1 is 1.07 bits per heavy atom. The molecular formula is C19H16N4O4. The Bertz CT molecular complexity index is 1170.